The van der Waals surface area contributed by atoms with Gasteiger partial charge < -0.3 is 10.5 Å². The van der Waals surface area contributed by atoms with E-state index in [0.717, 1.165) is 0 Å². The molecule has 0 radical (unpaired) electrons. The molecule has 0 spiro atoms. The van der Waals surface area contributed by atoms with Gasteiger partial charge in [-0.25, -0.2) is 4.79 Å². The van der Waals surface area contributed by atoms with E-state index in [9.17, 15) is 14.9 Å². The number of ether oxygens (including phenoxy) is 1. The lowest BCUT2D eigenvalue weighted by Crippen LogP contribution is -2.05. The van der Waals surface area contributed by atoms with Crippen molar-refractivity contribution in [2.75, 3.05) is 12.8 Å². The summed E-state index contributed by atoms with van der Waals surface area (Å²) in [5.41, 5.74) is 6.96. The maximum absolute atomic E-state index is 11.8. The SMILES string of the molecule is COC(=O)c1ccc(N)cc1-c1ccccc1[N+](=O)[O-]. The number of nitrogens with zero attached hydrogens (tertiary/aromatic N) is 1. The molecule has 2 N–H and O–H groups in total. The Morgan fingerprint density at radius 2 is 1.90 bits per heavy atom. The lowest BCUT2D eigenvalue weighted by molar-refractivity contribution is -0.384. The molecule has 0 bridgehead atoms. The fraction of sp³-hybridized carbons (Fsp3) is 0.0714. The van der Waals surface area contributed by atoms with Gasteiger partial charge in [-0.3, -0.25) is 10.1 Å². The van der Waals surface area contributed by atoms with Gasteiger partial charge in [0.25, 0.3) is 5.69 Å². The Balaban J connectivity index is 2.72. The molecule has 0 aliphatic heterocycles. The van der Waals surface area contributed by atoms with Crippen molar-refractivity contribution in [1.29, 1.82) is 0 Å². The van der Waals surface area contributed by atoms with Gasteiger partial charge in [-0.05, 0) is 24.3 Å². The average molecular weight is 272 g/mol. The van der Waals surface area contributed by atoms with Gasteiger partial charge in [0.15, 0.2) is 0 Å². The zero-order valence-corrected chi connectivity index (χ0v) is 10.7. The average Bonchev–Trinajstić information content (AvgIpc) is 2.46. The summed E-state index contributed by atoms with van der Waals surface area (Å²) in [6, 6.07) is 10.7. The number of nitro groups is 1. The monoisotopic (exact) mass is 272 g/mol. The predicted octanol–water partition coefficient (Wildman–Crippen LogP) is 2.63. The first-order valence-corrected chi connectivity index (χ1v) is 5.76. The van der Waals surface area contributed by atoms with Crippen LogP contribution in [-0.2, 0) is 4.74 Å². The molecule has 0 fully saturated rings. The van der Waals surface area contributed by atoms with Crippen LogP contribution < -0.4 is 5.73 Å². The van der Waals surface area contributed by atoms with E-state index in [1.807, 2.05) is 0 Å². The van der Waals surface area contributed by atoms with Crippen LogP contribution in [0, 0.1) is 10.1 Å². The Hall–Kier alpha value is -2.89. The van der Waals surface area contributed by atoms with Crippen molar-refractivity contribution in [3.8, 4) is 11.1 Å². The lowest BCUT2D eigenvalue weighted by atomic mass is 9.97. The number of para-hydroxylation sites is 1. The Bertz CT molecular complexity index is 683. The first-order valence-electron chi connectivity index (χ1n) is 5.76. The van der Waals surface area contributed by atoms with E-state index in [-0.39, 0.29) is 11.3 Å². The van der Waals surface area contributed by atoms with E-state index < -0.39 is 10.9 Å². The minimum Gasteiger partial charge on any atom is -0.465 e. The standard InChI is InChI=1S/C14H12N2O4/c1-20-14(17)11-7-6-9(15)8-12(11)10-4-2-3-5-13(10)16(18)19/h2-8H,15H2,1H3. The topological polar surface area (TPSA) is 95.5 Å². The molecule has 0 heterocycles. The molecule has 0 amide bonds. The molecule has 0 atom stereocenters. The number of nitrogen functional groups attached to an aromatic ring is 1. The van der Waals surface area contributed by atoms with E-state index >= 15 is 0 Å². The Morgan fingerprint density at radius 3 is 2.55 bits per heavy atom. The highest BCUT2D eigenvalue weighted by molar-refractivity contribution is 5.99. The van der Waals surface area contributed by atoms with Crippen LogP contribution in [0.25, 0.3) is 11.1 Å². The van der Waals surface area contributed by atoms with Crippen LogP contribution >= 0.6 is 0 Å². The van der Waals surface area contributed by atoms with E-state index in [1.54, 1.807) is 24.3 Å². The molecular weight excluding hydrogens is 260 g/mol. The minimum absolute atomic E-state index is 0.0942. The van der Waals surface area contributed by atoms with Crippen molar-refractivity contribution in [1.82, 2.24) is 0 Å². The van der Waals surface area contributed by atoms with Gasteiger partial charge in [-0.15, -0.1) is 0 Å². The number of hydrogen-bond acceptors (Lipinski definition) is 5. The van der Waals surface area contributed by atoms with Gasteiger partial charge in [0.05, 0.1) is 23.2 Å². The van der Waals surface area contributed by atoms with Gasteiger partial charge >= 0.3 is 5.97 Å². The number of esters is 1. The van der Waals surface area contributed by atoms with Crippen molar-refractivity contribution < 1.29 is 14.5 Å². The van der Waals surface area contributed by atoms with E-state index in [4.69, 9.17) is 5.73 Å². The third-order valence-electron chi connectivity index (χ3n) is 2.84. The molecule has 102 valence electrons. The third kappa shape index (κ3) is 2.44. The first kappa shape index (κ1) is 13.5. The van der Waals surface area contributed by atoms with Crippen LogP contribution in [0.4, 0.5) is 11.4 Å². The van der Waals surface area contributed by atoms with Crippen LogP contribution in [0.3, 0.4) is 0 Å². The fourth-order valence-corrected chi connectivity index (χ4v) is 1.93. The molecular formula is C14H12N2O4. The number of hydrogen-bond donors (Lipinski definition) is 1. The second-order valence-corrected chi connectivity index (χ2v) is 4.07. The van der Waals surface area contributed by atoms with Crippen molar-refractivity contribution in [3.63, 3.8) is 0 Å². The summed E-state index contributed by atoms with van der Waals surface area (Å²) in [7, 11) is 1.25. The maximum Gasteiger partial charge on any atom is 0.338 e. The van der Waals surface area contributed by atoms with E-state index in [0.29, 0.717) is 16.8 Å². The van der Waals surface area contributed by atoms with Gasteiger partial charge in [0, 0.05) is 17.3 Å². The summed E-state index contributed by atoms with van der Waals surface area (Å²) >= 11 is 0. The van der Waals surface area contributed by atoms with Crippen LogP contribution in [0.15, 0.2) is 42.5 Å². The molecule has 0 aliphatic rings. The lowest BCUT2D eigenvalue weighted by Gasteiger charge is -2.09. The predicted molar refractivity (Wildman–Crippen MR) is 74.3 cm³/mol. The molecule has 0 saturated heterocycles. The molecule has 0 aromatic heterocycles. The molecule has 20 heavy (non-hydrogen) atoms. The summed E-state index contributed by atoms with van der Waals surface area (Å²) in [4.78, 5) is 22.4. The minimum atomic E-state index is -0.571. The fourth-order valence-electron chi connectivity index (χ4n) is 1.93. The molecule has 6 nitrogen and oxygen atoms in total. The maximum atomic E-state index is 11.8. The zero-order chi connectivity index (χ0) is 14.7. The normalized spacial score (nSPS) is 10.1. The summed E-state index contributed by atoms with van der Waals surface area (Å²) in [6.07, 6.45) is 0. The van der Waals surface area contributed by atoms with E-state index in [1.165, 1.54) is 25.3 Å². The quantitative estimate of drug-likeness (QED) is 0.401. The number of carbonyl (C=O) groups is 1. The number of benzene rings is 2. The van der Waals surface area contributed by atoms with Crippen LogP contribution in [0.5, 0.6) is 0 Å². The highest BCUT2D eigenvalue weighted by Gasteiger charge is 2.20. The van der Waals surface area contributed by atoms with Crippen molar-refractivity contribution in [3.05, 3.63) is 58.1 Å². The first-order chi connectivity index (χ1) is 9.54. The zero-order valence-electron chi connectivity index (χ0n) is 10.7. The summed E-state index contributed by atoms with van der Waals surface area (Å²) in [6.45, 7) is 0. The van der Waals surface area contributed by atoms with Crippen molar-refractivity contribution in [2.24, 2.45) is 0 Å². The number of carbonyl (C=O) groups excluding carboxylic acids is 1. The van der Waals surface area contributed by atoms with Crippen molar-refractivity contribution >= 4 is 17.3 Å². The third-order valence-corrected chi connectivity index (χ3v) is 2.84. The summed E-state index contributed by atoms with van der Waals surface area (Å²) in [5.74, 6) is -0.571. The number of rotatable bonds is 3. The molecule has 2 aromatic carbocycles. The molecule has 0 unspecified atom stereocenters. The largest absolute Gasteiger partial charge is 0.465 e. The molecule has 0 saturated carbocycles. The van der Waals surface area contributed by atoms with E-state index in [2.05, 4.69) is 4.74 Å². The second-order valence-electron chi connectivity index (χ2n) is 4.07. The smallest absolute Gasteiger partial charge is 0.338 e. The van der Waals surface area contributed by atoms with Crippen LogP contribution in [0.2, 0.25) is 0 Å². The Morgan fingerprint density at radius 1 is 1.20 bits per heavy atom. The van der Waals surface area contributed by atoms with Crippen molar-refractivity contribution in [2.45, 2.75) is 0 Å². The number of methoxy groups -OCH3 is 1. The van der Waals surface area contributed by atoms with Gasteiger partial charge in [-0.1, -0.05) is 12.1 Å². The summed E-state index contributed by atoms with van der Waals surface area (Å²) in [5, 5.41) is 11.1. The second kappa shape index (κ2) is 5.40. The van der Waals surface area contributed by atoms with Crippen LogP contribution in [-0.4, -0.2) is 18.0 Å². The Labute approximate surface area is 114 Å². The molecule has 0 aliphatic carbocycles. The highest BCUT2D eigenvalue weighted by atomic mass is 16.6. The Kier molecular flexibility index (Phi) is 3.65. The highest BCUT2D eigenvalue weighted by Crippen LogP contribution is 2.33. The number of nitrogens with two attached hydrogens (primary N) is 1. The van der Waals surface area contributed by atoms with Gasteiger partial charge in [-0.2, -0.15) is 0 Å². The van der Waals surface area contributed by atoms with Gasteiger partial charge in [0.2, 0.25) is 0 Å². The van der Waals surface area contributed by atoms with Gasteiger partial charge in [0.1, 0.15) is 0 Å². The summed E-state index contributed by atoms with van der Waals surface area (Å²) < 4.78 is 4.69. The molecule has 2 rings (SSSR count). The van der Waals surface area contributed by atoms with Crippen LogP contribution in [0.1, 0.15) is 10.4 Å². The molecule has 2 aromatic rings. The molecule has 6 heteroatoms. The number of anilines is 1. The number of nitro benzene ring substituents is 1.